The van der Waals surface area contributed by atoms with Gasteiger partial charge in [-0.2, -0.15) is 0 Å². The summed E-state index contributed by atoms with van der Waals surface area (Å²) in [6, 6.07) is 1.60. The molecule has 5 nitrogen and oxygen atoms in total. The largest absolute Gasteiger partial charge is 0.482 e. The molecule has 0 atom stereocenters. The van der Waals surface area contributed by atoms with E-state index in [0.717, 1.165) is 25.2 Å². The lowest BCUT2D eigenvalue weighted by atomic mass is 9.83. The fourth-order valence-corrected chi connectivity index (χ4v) is 3.13. The van der Waals surface area contributed by atoms with Crippen LogP contribution < -0.4 is 9.64 Å². The van der Waals surface area contributed by atoms with E-state index < -0.39 is 5.97 Å². The second-order valence-corrected chi connectivity index (χ2v) is 5.40. The number of fused-ring (bicyclic) bond motifs is 1. The van der Waals surface area contributed by atoms with Crippen molar-refractivity contribution in [3.8, 4) is 5.75 Å². The summed E-state index contributed by atoms with van der Waals surface area (Å²) in [6.45, 7) is 0.833. The van der Waals surface area contributed by atoms with Crippen molar-refractivity contribution in [3.05, 3.63) is 11.8 Å². The zero-order chi connectivity index (χ0) is 12.8. The summed E-state index contributed by atoms with van der Waals surface area (Å²) in [7, 11) is 1.99. The molecule has 0 bridgehead atoms. The Bertz CT molecular complexity index is 475. The molecule has 0 unspecified atom stereocenters. The number of carboxylic acid groups (broad SMARTS) is 1. The summed E-state index contributed by atoms with van der Waals surface area (Å²) < 4.78 is 6.13. The molecule has 0 radical (unpaired) electrons. The summed E-state index contributed by atoms with van der Waals surface area (Å²) in [5.74, 6) is 0.519. The number of ether oxygens (including phenoxy) is 1. The second-order valence-electron chi connectivity index (χ2n) is 5.40. The molecule has 0 saturated heterocycles. The average molecular weight is 250 g/mol. The molecular weight excluding hydrogens is 232 g/mol. The van der Waals surface area contributed by atoms with E-state index in [4.69, 9.17) is 9.84 Å². The number of nitrogens with zero attached hydrogens (tertiary/aromatic N) is 1. The number of hydrogen-bond acceptors (Lipinski definition) is 3. The molecule has 2 N–H and O–H groups in total. The number of aromatic amines is 1. The van der Waals surface area contributed by atoms with Crippen molar-refractivity contribution >= 4 is 11.8 Å². The molecule has 0 aromatic carbocycles. The van der Waals surface area contributed by atoms with Crippen molar-refractivity contribution in [2.75, 3.05) is 18.5 Å². The Labute approximate surface area is 106 Å². The first kappa shape index (κ1) is 11.4. The topological polar surface area (TPSA) is 65.6 Å². The molecule has 1 saturated carbocycles. The van der Waals surface area contributed by atoms with Crippen LogP contribution in [-0.4, -0.2) is 35.3 Å². The minimum atomic E-state index is -0.945. The first-order chi connectivity index (χ1) is 8.60. The summed E-state index contributed by atoms with van der Waals surface area (Å²) >= 11 is 0. The van der Waals surface area contributed by atoms with Crippen LogP contribution in [0.4, 0.5) is 5.82 Å². The van der Waals surface area contributed by atoms with E-state index in [2.05, 4.69) is 9.88 Å². The van der Waals surface area contributed by atoms with Crippen LogP contribution in [0.3, 0.4) is 0 Å². The van der Waals surface area contributed by atoms with Gasteiger partial charge in [0.15, 0.2) is 5.75 Å². The van der Waals surface area contributed by atoms with Crippen LogP contribution >= 0.6 is 0 Å². The van der Waals surface area contributed by atoms with Gasteiger partial charge in [-0.05, 0) is 25.7 Å². The van der Waals surface area contributed by atoms with Gasteiger partial charge in [0.1, 0.15) is 17.1 Å². The third-order valence-corrected chi connectivity index (χ3v) is 3.99. The second kappa shape index (κ2) is 3.93. The lowest BCUT2D eigenvalue weighted by molar-refractivity contribution is 0.0298. The molecule has 5 heteroatoms. The van der Waals surface area contributed by atoms with Crippen LogP contribution in [0, 0.1) is 0 Å². The highest BCUT2D eigenvalue weighted by Gasteiger charge is 2.40. The van der Waals surface area contributed by atoms with E-state index >= 15 is 0 Å². The number of carbonyl (C=O) groups is 1. The Morgan fingerprint density at radius 1 is 1.44 bits per heavy atom. The number of aromatic nitrogens is 1. The molecule has 2 heterocycles. The van der Waals surface area contributed by atoms with Crippen molar-refractivity contribution in [1.82, 2.24) is 4.98 Å². The van der Waals surface area contributed by atoms with Crippen LogP contribution in [-0.2, 0) is 0 Å². The van der Waals surface area contributed by atoms with Crippen LogP contribution in [0.1, 0.15) is 42.6 Å². The lowest BCUT2D eigenvalue weighted by Gasteiger charge is -2.44. The summed E-state index contributed by atoms with van der Waals surface area (Å²) in [5.41, 5.74) is 0.0810. The van der Waals surface area contributed by atoms with Gasteiger partial charge < -0.3 is 19.7 Å². The standard InChI is InChI=1S/C13H18N2O3/c1-15-8-13(5-3-2-4-6-13)18-10-7-9(12(16)17)14-11(10)15/h7,14H,2-6,8H2,1H3,(H,16,17). The molecule has 98 valence electrons. The Morgan fingerprint density at radius 3 is 2.83 bits per heavy atom. The normalized spacial score (nSPS) is 21.5. The maximum absolute atomic E-state index is 11.0. The molecule has 2 aliphatic rings. The van der Waals surface area contributed by atoms with Crippen molar-refractivity contribution in [2.45, 2.75) is 37.7 Å². The Kier molecular flexibility index (Phi) is 2.50. The van der Waals surface area contributed by atoms with E-state index in [-0.39, 0.29) is 11.3 Å². The number of anilines is 1. The molecule has 1 spiro atoms. The number of nitrogens with one attached hydrogen (secondary N) is 1. The summed E-state index contributed by atoms with van der Waals surface area (Å²) in [5, 5.41) is 9.02. The molecule has 1 aromatic rings. The SMILES string of the molecule is CN1CC2(CCCCC2)Oc2cc(C(=O)O)[nH]c21. The fourth-order valence-electron chi connectivity index (χ4n) is 3.13. The van der Waals surface area contributed by atoms with Gasteiger partial charge in [-0.1, -0.05) is 6.42 Å². The number of aromatic carboxylic acids is 1. The number of hydrogen-bond donors (Lipinski definition) is 2. The van der Waals surface area contributed by atoms with Gasteiger partial charge in [-0.3, -0.25) is 0 Å². The van der Waals surface area contributed by atoms with Gasteiger partial charge in [-0.25, -0.2) is 4.79 Å². The molecule has 3 rings (SSSR count). The van der Waals surface area contributed by atoms with Gasteiger partial charge in [0.25, 0.3) is 0 Å². The molecule has 18 heavy (non-hydrogen) atoms. The molecule has 1 fully saturated rings. The zero-order valence-electron chi connectivity index (χ0n) is 10.5. The smallest absolute Gasteiger partial charge is 0.352 e. The van der Waals surface area contributed by atoms with Crippen LogP contribution in [0.5, 0.6) is 5.75 Å². The van der Waals surface area contributed by atoms with Crippen LogP contribution in [0.2, 0.25) is 0 Å². The average Bonchev–Trinajstić information content (AvgIpc) is 2.74. The quantitative estimate of drug-likeness (QED) is 0.802. The number of carboxylic acids is 1. The fraction of sp³-hybridized carbons (Fsp3) is 0.615. The summed E-state index contributed by atoms with van der Waals surface area (Å²) in [6.07, 6.45) is 5.78. The monoisotopic (exact) mass is 250 g/mol. The predicted octanol–water partition coefficient (Wildman–Crippen LogP) is 2.24. The molecule has 1 aliphatic carbocycles. The van der Waals surface area contributed by atoms with Crippen molar-refractivity contribution in [2.24, 2.45) is 0 Å². The number of rotatable bonds is 1. The van der Waals surface area contributed by atoms with Crippen molar-refractivity contribution < 1.29 is 14.6 Å². The molecule has 1 aromatic heterocycles. The minimum Gasteiger partial charge on any atom is -0.482 e. The van der Waals surface area contributed by atoms with Crippen molar-refractivity contribution in [3.63, 3.8) is 0 Å². The Hall–Kier alpha value is -1.65. The highest BCUT2D eigenvalue weighted by Crippen LogP contribution is 2.42. The summed E-state index contributed by atoms with van der Waals surface area (Å²) in [4.78, 5) is 16.0. The van der Waals surface area contributed by atoms with E-state index in [1.165, 1.54) is 19.3 Å². The van der Waals surface area contributed by atoms with Gasteiger partial charge >= 0.3 is 5.97 Å². The predicted molar refractivity (Wildman–Crippen MR) is 67.5 cm³/mol. The highest BCUT2D eigenvalue weighted by molar-refractivity contribution is 5.88. The van der Waals surface area contributed by atoms with Crippen LogP contribution in [0.15, 0.2) is 6.07 Å². The highest BCUT2D eigenvalue weighted by atomic mass is 16.5. The zero-order valence-corrected chi connectivity index (χ0v) is 10.5. The van der Waals surface area contributed by atoms with Crippen molar-refractivity contribution in [1.29, 1.82) is 0 Å². The van der Waals surface area contributed by atoms with Gasteiger partial charge in [0.2, 0.25) is 0 Å². The maximum Gasteiger partial charge on any atom is 0.352 e. The van der Waals surface area contributed by atoms with E-state index in [0.29, 0.717) is 5.75 Å². The molecular formula is C13H18N2O3. The lowest BCUT2D eigenvalue weighted by Crippen LogP contribution is -2.50. The van der Waals surface area contributed by atoms with Gasteiger partial charge in [0, 0.05) is 13.1 Å². The first-order valence-corrected chi connectivity index (χ1v) is 6.46. The Morgan fingerprint density at radius 2 is 2.17 bits per heavy atom. The first-order valence-electron chi connectivity index (χ1n) is 6.46. The number of H-pyrrole nitrogens is 1. The van der Waals surface area contributed by atoms with E-state index in [1.807, 2.05) is 7.05 Å². The van der Waals surface area contributed by atoms with Crippen LogP contribution in [0.25, 0.3) is 0 Å². The van der Waals surface area contributed by atoms with E-state index in [1.54, 1.807) is 6.07 Å². The Balaban J connectivity index is 1.93. The maximum atomic E-state index is 11.0. The molecule has 1 aliphatic heterocycles. The minimum absolute atomic E-state index is 0.113. The molecule has 0 amide bonds. The van der Waals surface area contributed by atoms with Gasteiger partial charge in [-0.15, -0.1) is 0 Å². The van der Waals surface area contributed by atoms with E-state index in [9.17, 15) is 4.79 Å². The third-order valence-electron chi connectivity index (χ3n) is 3.99. The number of likely N-dealkylation sites (N-methyl/N-ethyl adjacent to an activating group) is 1. The third kappa shape index (κ3) is 1.74. The van der Waals surface area contributed by atoms with Gasteiger partial charge in [0.05, 0.1) is 6.54 Å².